The van der Waals surface area contributed by atoms with Gasteiger partial charge in [0.05, 0.1) is 4.92 Å². The van der Waals surface area contributed by atoms with E-state index in [0.717, 1.165) is 0 Å². The quantitative estimate of drug-likeness (QED) is 0.598. The van der Waals surface area contributed by atoms with E-state index in [-0.39, 0.29) is 0 Å². The summed E-state index contributed by atoms with van der Waals surface area (Å²) < 4.78 is 13.9. The van der Waals surface area contributed by atoms with Crippen molar-refractivity contribution in [2.45, 2.75) is 32.4 Å². The first-order valence-electron chi connectivity index (χ1n) is 6.12. The number of nitro groups is 1. The van der Waals surface area contributed by atoms with Crippen molar-refractivity contribution in [1.82, 2.24) is 4.90 Å². The highest BCUT2D eigenvalue weighted by molar-refractivity contribution is 5.36. The molecule has 0 aromatic heterocycles. The second kappa shape index (κ2) is 5.02. The van der Waals surface area contributed by atoms with Gasteiger partial charge in [0, 0.05) is 24.2 Å². The van der Waals surface area contributed by atoms with Crippen LogP contribution in [0.15, 0.2) is 18.2 Å². The van der Waals surface area contributed by atoms with E-state index in [1.54, 1.807) is 6.07 Å². The summed E-state index contributed by atoms with van der Waals surface area (Å²) in [6, 6.07) is 4.73. The highest BCUT2D eigenvalue weighted by Gasteiger charge is 2.31. The number of hydrogen-bond donors (Lipinski definition) is 0. The fourth-order valence-electron chi connectivity index (χ4n) is 2.18. The maximum absolute atomic E-state index is 13.9. The third-order valence-corrected chi connectivity index (χ3v) is 3.67. The predicted molar refractivity (Wildman–Crippen MR) is 66.7 cm³/mol. The van der Waals surface area contributed by atoms with Crippen molar-refractivity contribution in [3.05, 3.63) is 39.7 Å². The van der Waals surface area contributed by atoms with Crippen LogP contribution in [0.25, 0.3) is 0 Å². The average molecular weight is 252 g/mol. The van der Waals surface area contributed by atoms with Crippen LogP contribution in [0.5, 0.6) is 0 Å². The molecule has 1 atom stereocenters. The largest absolute Gasteiger partial charge is 0.305 e. The normalized spacial score (nSPS) is 16.9. The molecule has 4 nitrogen and oxygen atoms in total. The maximum atomic E-state index is 13.9. The molecule has 0 heterocycles. The van der Waals surface area contributed by atoms with E-state index in [9.17, 15) is 14.5 Å². The first-order valence-corrected chi connectivity index (χ1v) is 6.12. The molecule has 1 aromatic rings. The second-order valence-electron chi connectivity index (χ2n) is 5.00. The van der Waals surface area contributed by atoms with Gasteiger partial charge in [-0.3, -0.25) is 15.0 Å². The molecule has 1 fully saturated rings. The van der Waals surface area contributed by atoms with Crippen LogP contribution in [-0.2, 0) is 6.54 Å². The minimum absolute atomic E-state index is 0.388. The standard InChI is InChI=1S/C13H17FN2O2/c1-9(10-6-7-10)15(2)8-11-4-3-5-12(13(11)14)16(17)18/h3-5,9-10H,6-8H2,1-2H3. The average Bonchev–Trinajstić information content (AvgIpc) is 3.14. The fourth-order valence-corrected chi connectivity index (χ4v) is 2.18. The summed E-state index contributed by atoms with van der Waals surface area (Å²) >= 11 is 0. The van der Waals surface area contributed by atoms with E-state index in [1.807, 2.05) is 7.05 Å². The van der Waals surface area contributed by atoms with Gasteiger partial charge in [0.1, 0.15) is 0 Å². The number of rotatable bonds is 5. The first-order chi connectivity index (χ1) is 8.50. The minimum atomic E-state index is -0.711. The van der Waals surface area contributed by atoms with Gasteiger partial charge in [-0.05, 0) is 32.7 Å². The van der Waals surface area contributed by atoms with E-state index in [2.05, 4.69) is 11.8 Å². The Morgan fingerprint density at radius 3 is 2.78 bits per heavy atom. The van der Waals surface area contributed by atoms with Crippen LogP contribution in [0.2, 0.25) is 0 Å². The predicted octanol–water partition coefficient (Wildman–Crippen LogP) is 2.96. The third kappa shape index (κ3) is 2.67. The molecule has 0 bridgehead atoms. The Labute approximate surface area is 106 Å². The molecule has 1 unspecified atom stereocenters. The number of nitro benzene ring substituents is 1. The highest BCUT2D eigenvalue weighted by Crippen LogP contribution is 2.35. The summed E-state index contributed by atoms with van der Waals surface area (Å²) in [5.74, 6) is -0.0193. The van der Waals surface area contributed by atoms with Gasteiger partial charge in [-0.1, -0.05) is 12.1 Å². The summed E-state index contributed by atoms with van der Waals surface area (Å²) in [5, 5.41) is 10.7. The van der Waals surface area contributed by atoms with Gasteiger partial charge >= 0.3 is 5.69 Å². The summed E-state index contributed by atoms with van der Waals surface area (Å²) in [5.41, 5.74) is -0.0563. The fraction of sp³-hybridized carbons (Fsp3) is 0.538. The number of benzene rings is 1. The van der Waals surface area contributed by atoms with Gasteiger partial charge < -0.3 is 0 Å². The molecular formula is C13H17FN2O2. The lowest BCUT2D eigenvalue weighted by Crippen LogP contribution is -2.30. The minimum Gasteiger partial charge on any atom is -0.299 e. The molecule has 0 saturated heterocycles. The zero-order valence-corrected chi connectivity index (χ0v) is 10.6. The monoisotopic (exact) mass is 252 g/mol. The van der Waals surface area contributed by atoms with Crippen molar-refractivity contribution in [3.8, 4) is 0 Å². The van der Waals surface area contributed by atoms with E-state index in [0.29, 0.717) is 24.1 Å². The molecule has 0 amide bonds. The van der Waals surface area contributed by atoms with Gasteiger partial charge in [0.2, 0.25) is 5.82 Å². The Balaban J connectivity index is 2.13. The van der Waals surface area contributed by atoms with Gasteiger partial charge in [-0.15, -0.1) is 0 Å². The summed E-state index contributed by atoms with van der Waals surface area (Å²) in [6.07, 6.45) is 2.45. The Morgan fingerprint density at radius 1 is 1.56 bits per heavy atom. The Kier molecular flexibility index (Phi) is 3.61. The van der Waals surface area contributed by atoms with E-state index in [1.165, 1.54) is 25.0 Å². The molecule has 0 aliphatic heterocycles. The number of nitrogens with zero attached hydrogens (tertiary/aromatic N) is 2. The molecular weight excluding hydrogens is 235 g/mol. The summed E-state index contributed by atoms with van der Waals surface area (Å²) in [7, 11) is 1.93. The summed E-state index contributed by atoms with van der Waals surface area (Å²) in [6.45, 7) is 2.53. The molecule has 5 heteroatoms. The van der Waals surface area contributed by atoms with Gasteiger partial charge in [0.25, 0.3) is 0 Å². The topological polar surface area (TPSA) is 46.4 Å². The smallest absolute Gasteiger partial charge is 0.299 e. The zero-order chi connectivity index (χ0) is 13.3. The van der Waals surface area contributed by atoms with Crippen LogP contribution in [0.1, 0.15) is 25.3 Å². The Bertz CT molecular complexity index is 460. The molecule has 0 spiro atoms. The van der Waals surface area contributed by atoms with Crippen molar-refractivity contribution in [2.75, 3.05) is 7.05 Å². The van der Waals surface area contributed by atoms with Crippen LogP contribution >= 0.6 is 0 Å². The van der Waals surface area contributed by atoms with Crippen LogP contribution in [-0.4, -0.2) is 22.9 Å². The molecule has 1 saturated carbocycles. The van der Waals surface area contributed by atoms with Crippen molar-refractivity contribution < 1.29 is 9.31 Å². The second-order valence-corrected chi connectivity index (χ2v) is 5.00. The van der Waals surface area contributed by atoms with Crippen LogP contribution in [0.3, 0.4) is 0 Å². The first kappa shape index (κ1) is 13.0. The molecule has 0 radical (unpaired) electrons. The van der Waals surface area contributed by atoms with Gasteiger partial charge in [0.15, 0.2) is 0 Å². The van der Waals surface area contributed by atoms with Crippen LogP contribution in [0, 0.1) is 21.8 Å². The molecule has 18 heavy (non-hydrogen) atoms. The van der Waals surface area contributed by atoms with Gasteiger partial charge in [-0.2, -0.15) is 4.39 Å². The molecule has 1 aliphatic rings. The van der Waals surface area contributed by atoms with Crippen LogP contribution < -0.4 is 0 Å². The molecule has 1 aromatic carbocycles. The lowest BCUT2D eigenvalue weighted by molar-refractivity contribution is -0.387. The molecule has 1 aliphatic carbocycles. The van der Waals surface area contributed by atoms with Crippen molar-refractivity contribution in [2.24, 2.45) is 5.92 Å². The number of hydrogen-bond acceptors (Lipinski definition) is 3. The lowest BCUT2D eigenvalue weighted by atomic mass is 10.1. The zero-order valence-electron chi connectivity index (χ0n) is 10.6. The van der Waals surface area contributed by atoms with E-state index >= 15 is 0 Å². The maximum Gasteiger partial charge on any atom is 0.305 e. The Hall–Kier alpha value is -1.49. The van der Waals surface area contributed by atoms with Gasteiger partial charge in [-0.25, -0.2) is 0 Å². The van der Waals surface area contributed by atoms with Crippen molar-refractivity contribution in [3.63, 3.8) is 0 Å². The van der Waals surface area contributed by atoms with Crippen LogP contribution in [0.4, 0.5) is 10.1 Å². The van der Waals surface area contributed by atoms with Crippen molar-refractivity contribution in [1.29, 1.82) is 0 Å². The van der Waals surface area contributed by atoms with E-state index in [4.69, 9.17) is 0 Å². The van der Waals surface area contributed by atoms with E-state index < -0.39 is 16.4 Å². The molecule has 98 valence electrons. The third-order valence-electron chi connectivity index (χ3n) is 3.67. The highest BCUT2D eigenvalue weighted by atomic mass is 19.1. The lowest BCUT2D eigenvalue weighted by Gasteiger charge is -2.24. The molecule has 2 rings (SSSR count). The molecule has 0 N–H and O–H groups in total. The van der Waals surface area contributed by atoms with Crippen molar-refractivity contribution >= 4 is 5.69 Å². The SMILES string of the molecule is CC(C1CC1)N(C)Cc1cccc([N+](=O)[O-])c1F. The number of halogens is 1. The summed E-state index contributed by atoms with van der Waals surface area (Å²) in [4.78, 5) is 12.0. The Morgan fingerprint density at radius 2 is 2.22 bits per heavy atom.